The summed E-state index contributed by atoms with van der Waals surface area (Å²) in [6.45, 7) is 3.52. The van der Waals surface area contributed by atoms with Crippen LogP contribution >= 0.6 is 0 Å². The molecule has 0 aliphatic carbocycles. The van der Waals surface area contributed by atoms with Gasteiger partial charge in [0, 0.05) is 18.3 Å². The first-order valence-electron chi connectivity index (χ1n) is 5.89. The highest BCUT2D eigenvalue weighted by Gasteiger charge is 1.96. The second-order valence-electron chi connectivity index (χ2n) is 3.80. The molecule has 2 heteroatoms. The lowest BCUT2D eigenvalue weighted by atomic mass is 10.2. The molecule has 0 fully saturated rings. The largest absolute Gasteiger partial charge is 0.494 e. The van der Waals surface area contributed by atoms with Gasteiger partial charge >= 0.3 is 0 Å². The number of hydrogen-bond donors (Lipinski definition) is 1. The minimum atomic E-state index is 0.697. The molecule has 0 radical (unpaired) electrons. The monoisotopic (exact) mass is 227 g/mol. The van der Waals surface area contributed by atoms with E-state index >= 15 is 0 Å². The molecule has 0 heterocycles. The molecule has 0 spiro atoms. The zero-order valence-electron chi connectivity index (χ0n) is 10.0. The van der Waals surface area contributed by atoms with Crippen LogP contribution in [0.5, 0.6) is 5.75 Å². The maximum atomic E-state index is 5.46. The summed E-state index contributed by atoms with van der Waals surface area (Å²) in [6, 6.07) is 18.4. The van der Waals surface area contributed by atoms with Gasteiger partial charge in [-0.2, -0.15) is 0 Å². The van der Waals surface area contributed by atoms with E-state index in [1.807, 2.05) is 49.4 Å². The number of anilines is 1. The molecular formula is C15H17NO. The Morgan fingerprint density at radius 3 is 2.59 bits per heavy atom. The third-order valence-corrected chi connectivity index (χ3v) is 2.48. The summed E-state index contributed by atoms with van der Waals surface area (Å²) in [6.07, 6.45) is 0. The van der Waals surface area contributed by atoms with Crippen molar-refractivity contribution in [2.45, 2.75) is 13.5 Å². The van der Waals surface area contributed by atoms with Crippen molar-refractivity contribution in [2.24, 2.45) is 0 Å². The van der Waals surface area contributed by atoms with Gasteiger partial charge in [-0.15, -0.1) is 0 Å². The predicted molar refractivity (Wildman–Crippen MR) is 71.4 cm³/mol. The molecule has 0 unspecified atom stereocenters. The van der Waals surface area contributed by atoms with Gasteiger partial charge in [0.25, 0.3) is 0 Å². The summed E-state index contributed by atoms with van der Waals surface area (Å²) in [5.74, 6) is 0.908. The second kappa shape index (κ2) is 5.94. The minimum absolute atomic E-state index is 0.697. The fourth-order valence-electron chi connectivity index (χ4n) is 1.66. The van der Waals surface area contributed by atoms with Crippen LogP contribution in [-0.2, 0) is 6.54 Å². The van der Waals surface area contributed by atoms with Crippen LogP contribution < -0.4 is 10.1 Å². The number of ether oxygens (including phenoxy) is 1. The van der Waals surface area contributed by atoms with E-state index in [4.69, 9.17) is 4.74 Å². The fraction of sp³-hybridized carbons (Fsp3) is 0.200. The van der Waals surface area contributed by atoms with Gasteiger partial charge in [-0.1, -0.05) is 36.4 Å². The number of benzene rings is 2. The van der Waals surface area contributed by atoms with Gasteiger partial charge in [0.1, 0.15) is 5.75 Å². The smallest absolute Gasteiger partial charge is 0.121 e. The van der Waals surface area contributed by atoms with Crippen molar-refractivity contribution >= 4 is 5.69 Å². The average Bonchev–Trinajstić information content (AvgIpc) is 2.39. The van der Waals surface area contributed by atoms with Crippen LogP contribution in [0.3, 0.4) is 0 Å². The van der Waals surface area contributed by atoms with Gasteiger partial charge in [0.05, 0.1) is 6.61 Å². The van der Waals surface area contributed by atoms with Crippen LogP contribution in [0.25, 0.3) is 0 Å². The molecule has 0 saturated carbocycles. The van der Waals surface area contributed by atoms with E-state index in [-0.39, 0.29) is 0 Å². The molecule has 0 bridgehead atoms. The molecule has 0 aromatic heterocycles. The van der Waals surface area contributed by atoms with Crippen LogP contribution in [0.15, 0.2) is 54.6 Å². The predicted octanol–water partition coefficient (Wildman–Crippen LogP) is 3.70. The Morgan fingerprint density at radius 2 is 1.82 bits per heavy atom. The zero-order chi connectivity index (χ0) is 11.9. The van der Waals surface area contributed by atoms with E-state index in [9.17, 15) is 0 Å². The van der Waals surface area contributed by atoms with E-state index in [0.29, 0.717) is 6.61 Å². The van der Waals surface area contributed by atoms with Crippen LogP contribution in [0, 0.1) is 0 Å². The molecule has 2 nitrogen and oxygen atoms in total. The van der Waals surface area contributed by atoms with Gasteiger partial charge in [-0.25, -0.2) is 0 Å². The molecule has 2 aromatic rings. The molecule has 1 N–H and O–H groups in total. The first-order chi connectivity index (χ1) is 8.38. The van der Waals surface area contributed by atoms with Crippen LogP contribution in [0.4, 0.5) is 5.69 Å². The summed E-state index contributed by atoms with van der Waals surface area (Å²) in [5, 5.41) is 3.38. The van der Waals surface area contributed by atoms with Crippen molar-refractivity contribution in [3.63, 3.8) is 0 Å². The van der Waals surface area contributed by atoms with Crippen molar-refractivity contribution in [1.29, 1.82) is 0 Å². The summed E-state index contributed by atoms with van der Waals surface area (Å²) in [5.41, 5.74) is 2.36. The van der Waals surface area contributed by atoms with Crippen molar-refractivity contribution in [3.05, 3.63) is 60.2 Å². The number of nitrogens with one attached hydrogen (secondary N) is 1. The molecular weight excluding hydrogens is 210 g/mol. The molecule has 2 rings (SSSR count). The van der Waals surface area contributed by atoms with E-state index < -0.39 is 0 Å². The first kappa shape index (κ1) is 11.5. The molecule has 0 saturated heterocycles. The molecule has 2 aromatic carbocycles. The number of hydrogen-bond acceptors (Lipinski definition) is 2. The van der Waals surface area contributed by atoms with Gasteiger partial charge in [0.2, 0.25) is 0 Å². The third kappa shape index (κ3) is 3.52. The molecule has 0 amide bonds. The van der Waals surface area contributed by atoms with Crippen molar-refractivity contribution < 1.29 is 4.74 Å². The summed E-state index contributed by atoms with van der Waals surface area (Å²) in [7, 11) is 0. The summed E-state index contributed by atoms with van der Waals surface area (Å²) < 4.78 is 5.46. The highest BCUT2D eigenvalue weighted by Crippen LogP contribution is 2.17. The van der Waals surface area contributed by atoms with E-state index in [2.05, 4.69) is 17.4 Å². The van der Waals surface area contributed by atoms with Crippen molar-refractivity contribution in [1.82, 2.24) is 0 Å². The lowest BCUT2D eigenvalue weighted by Crippen LogP contribution is -1.99. The van der Waals surface area contributed by atoms with E-state index in [1.54, 1.807) is 0 Å². The lowest BCUT2D eigenvalue weighted by molar-refractivity contribution is 0.340. The van der Waals surface area contributed by atoms with Gasteiger partial charge in [-0.05, 0) is 24.6 Å². The Morgan fingerprint density at radius 1 is 1.00 bits per heavy atom. The normalized spacial score (nSPS) is 9.94. The first-order valence-corrected chi connectivity index (χ1v) is 5.89. The Bertz CT molecular complexity index is 453. The van der Waals surface area contributed by atoms with Crippen LogP contribution in [0.1, 0.15) is 12.5 Å². The Balaban J connectivity index is 1.97. The van der Waals surface area contributed by atoms with Crippen molar-refractivity contribution in [3.8, 4) is 5.75 Å². The van der Waals surface area contributed by atoms with Crippen LogP contribution in [0.2, 0.25) is 0 Å². The van der Waals surface area contributed by atoms with Crippen molar-refractivity contribution in [2.75, 3.05) is 11.9 Å². The topological polar surface area (TPSA) is 21.3 Å². The molecule has 0 atom stereocenters. The molecule has 17 heavy (non-hydrogen) atoms. The standard InChI is InChI=1S/C15H17NO/c1-2-17-15-10-6-9-14(11-15)16-12-13-7-4-3-5-8-13/h3-11,16H,2,12H2,1H3. The second-order valence-corrected chi connectivity index (χ2v) is 3.80. The third-order valence-electron chi connectivity index (χ3n) is 2.48. The molecule has 0 aliphatic heterocycles. The van der Waals surface area contributed by atoms with Crippen LogP contribution in [-0.4, -0.2) is 6.61 Å². The average molecular weight is 227 g/mol. The molecule has 0 aliphatic rings. The van der Waals surface area contributed by atoms with E-state index in [1.165, 1.54) is 5.56 Å². The highest BCUT2D eigenvalue weighted by molar-refractivity contribution is 5.48. The summed E-state index contributed by atoms with van der Waals surface area (Å²) in [4.78, 5) is 0. The Kier molecular flexibility index (Phi) is 4.03. The lowest BCUT2D eigenvalue weighted by Gasteiger charge is -2.08. The minimum Gasteiger partial charge on any atom is -0.494 e. The molecule has 88 valence electrons. The Labute approximate surface area is 102 Å². The fourth-order valence-corrected chi connectivity index (χ4v) is 1.66. The Hall–Kier alpha value is -1.96. The quantitative estimate of drug-likeness (QED) is 0.841. The highest BCUT2D eigenvalue weighted by atomic mass is 16.5. The van der Waals surface area contributed by atoms with Gasteiger partial charge in [0.15, 0.2) is 0 Å². The zero-order valence-corrected chi connectivity index (χ0v) is 10.0. The van der Waals surface area contributed by atoms with Gasteiger partial charge in [-0.3, -0.25) is 0 Å². The number of rotatable bonds is 5. The maximum Gasteiger partial charge on any atom is 0.121 e. The maximum absolute atomic E-state index is 5.46. The SMILES string of the molecule is CCOc1cccc(NCc2ccccc2)c1. The summed E-state index contributed by atoms with van der Waals surface area (Å²) >= 11 is 0. The van der Waals surface area contributed by atoms with Gasteiger partial charge < -0.3 is 10.1 Å². The van der Waals surface area contributed by atoms with E-state index in [0.717, 1.165) is 18.0 Å².